The lowest BCUT2D eigenvalue weighted by Gasteiger charge is -2.11. The Morgan fingerprint density at radius 2 is 1.94 bits per heavy atom. The molecule has 0 fully saturated rings. The number of rotatable bonds is 3. The van der Waals surface area contributed by atoms with Gasteiger partial charge in [-0.25, -0.2) is 13.4 Å². The average Bonchev–Trinajstić information content (AvgIpc) is 2.39. The predicted molar refractivity (Wildman–Crippen MR) is 54.1 cm³/mol. The van der Waals surface area contributed by atoms with E-state index in [-0.39, 0.29) is 6.54 Å². The van der Waals surface area contributed by atoms with Gasteiger partial charge in [0.2, 0.25) is 0 Å². The molecule has 17 heavy (non-hydrogen) atoms. The molecule has 0 saturated heterocycles. The Labute approximate surface area is 96.2 Å². The lowest BCUT2D eigenvalue weighted by Crippen LogP contribution is -2.32. The van der Waals surface area contributed by atoms with Crippen LogP contribution >= 0.6 is 0 Å². The maximum atomic E-state index is 12.4. The highest BCUT2D eigenvalue weighted by Gasteiger charge is 2.47. The normalized spacial score (nSPS) is 21.9. The van der Waals surface area contributed by atoms with Gasteiger partial charge in [-0.15, -0.1) is 0 Å². The van der Waals surface area contributed by atoms with E-state index in [2.05, 4.69) is 5.10 Å². The predicted octanol–water partition coefficient (Wildman–Crippen LogP) is 0.428. The standard InChI is InChI=1S/C8H11F3N2O3S/c1-5-6(8(9,10)11)12-13(7(5)14)3-4-17(2,15)16/h5H,3-4H2,1-2H3. The molecule has 1 rings (SSSR count). The van der Waals surface area contributed by atoms with E-state index in [1.54, 1.807) is 0 Å². The largest absolute Gasteiger partial charge is 0.431 e. The lowest BCUT2D eigenvalue weighted by molar-refractivity contribution is -0.131. The maximum absolute atomic E-state index is 12.4. The van der Waals surface area contributed by atoms with Crippen molar-refractivity contribution in [2.75, 3.05) is 18.6 Å². The minimum absolute atomic E-state index is 0.360. The van der Waals surface area contributed by atoms with E-state index in [1.165, 1.54) is 0 Å². The molecule has 5 nitrogen and oxygen atoms in total. The van der Waals surface area contributed by atoms with Gasteiger partial charge in [-0.3, -0.25) is 4.79 Å². The van der Waals surface area contributed by atoms with Gasteiger partial charge in [0.05, 0.1) is 18.2 Å². The summed E-state index contributed by atoms with van der Waals surface area (Å²) in [5, 5.41) is 3.70. The lowest BCUT2D eigenvalue weighted by atomic mass is 10.1. The Morgan fingerprint density at radius 3 is 2.29 bits per heavy atom. The van der Waals surface area contributed by atoms with Crippen molar-refractivity contribution in [3.05, 3.63) is 0 Å². The Kier molecular flexibility index (Phi) is 3.51. The molecule has 1 aliphatic heterocycles. The van der Waals surface area contributed by atoms with Gasteiger partial charge < -0.3 is 0 Å². The zero-order valence-electron chi connectivity index (χ0n) is 9.15. The highest BCUT2D eigenvalue weighted by atomic mass is 32.2. The number of halogens is 3. The van der Waals surface area contributed by atoms with E-state index in [0.717, 1.165) is 13.2 Å². The van der Waals surface area contributed by atoms with Gasteiger partial charge in [0, 0.05) is 6.26 Å². The van der Waals surface area contributed by atoms with Crippen molar-refractivity contribution in [3.63, 3.8) is 0 Å². The summed E-state index contributed by atoms with van der Waals surface area (Å²) in [5.74, 6) is -2.63. The summed E-state index contributed by atoms with van der Waals surface area (Å²) < 4.78 is 58.9. The average molecular weight is 272 g/mol. The van der Waals surface area contributed by atoms with Gasteiger partial charge in [0.15, 0.2) is 5.71 Å². The first-order valence-electron chi connectivity index (χ1n) is 4.67. The number of carbonyl (C=O) groups is 1. The van der Waals surface area contributed by atoms with E-state index in [4.69, 9.17) is 0 Å². The van der Waals surface area contributed by atoms with E-state index in [1.807, 2.05) is 0 Å². The number of amides is 1. The van der Waals surface area contributed by atoms with E-state index in [9.17, 15) is 26.4 Å². The van der Waals surface area contributed by atoms with Crippen molar-refractivity contribution in [3.8, 4) is 0 Å². The quantitative estimate of drug-likeness (QED) is 0.748. The summed E-state index contributed by atoms with van der Waals surface area (Å²) in [5.41, 5.74) is -1.18. The van der Waals surface area contributed by atoms with Crippen LogP contribution in [0.4, 0.5) is 13.2 Å². The molecule has 0 aliphatic carbocycles. The molecule has 0 aromatic heterocycles. The molecule has 0 aromatic rings. The number of alkyl halides is 3. The molecule has 1 aliphatic rings. The van der Waals surface area contributed by atoms with Gasteiger partial charge in [-0.05, 0) is 6.92 Å². The van der Waals surface area contributed by atoms with Gasteiger partial charge in [-0.1, -0.05) is 0 Å². The highest BCUT2D eigenvalue weighted by molar-refractivity contribution is 7.90. The third kappa shape index (κ3) is 3.42. The van der Waals surface area contributed by atoms with Crippen molar-refractivity contribution in [2.45, 2.75) is 13.1 Å². The Bertz CT molecular complexity index is 455. The van der Waals surface area contributed by atoms with Crippen LogP contribution in [0.3, 0.4) is 0 Å². The topological polar surface area (TPSA) is 66.8 Å². The third-order valence-corrected chi connectivity index (χ3v) is 3.15. The fourth-order valence-electron chi connectivity index (χ4n) is 1.32. The highest BCUT2D eigenvalue weighted by Crippen LogP contribution is 2.28. The SMILES string of the molecule is CC1C(=O)N(CCS(C)(=O)=O)N=C1C(F)(F)F. The summed E-state index contributed by atoms with van der Waals surface area (Å²) in [4.78, 5) is 11.4. The van der Waals surface area contributed by atoms with Gasteiger partial charge >= 0.3 is 6.18 Å². The van der Waals surface area contributed by atoms with Crippen LogP contribution in [0.5, 0.6) is 0 Å². The first-order valence-corrected chi connectivity index (χ1v) is 6.73. The van der Waals surface area contributed by atoms with E-state index >= 15 is 0 Å². The Morgan fingerprint density at radius 1 is 1.41 bits per heavy atom. The summed E-state index contributed by atoms with van der Waals surface area (Å²) in [6.45, 7) is 0.733. The van der Waals surface area contributed by atoms with Crippen molar-refractivity contribution in [1.82, 2.24) is 5.01 Å². The minimum atomic E-state index is -4.67. The van der Waals surface area contributed by atoms with Gasteiger partial charge in [0.1, 0.15) is 9.84 Å². The molecule has 0 spiro atoms. The number of carbonyl (C=O) groups excluding carboxylic acids is 1. The summed E-state index contributed by atoms with van der Waals surface area (Å²) >= 11 is 0. The number of hydrogen-bond donors (Lipinski definition) is 0. The van der Waals surface area contributed by atoms with E-state index < -0.39 is 39.3 Å². The third-order valence-electron chi connectivity index (χ3n) is 2.23. The van der Waals surface area contributed by atoms with Crippen LogP contribution in [0.2, 0.25) is 0 Å². The molecule has 1 atom stereocenters. The smallest absolute Gasteiger partial charge is 0.272 e. The van der Waals surface area contributed by atoms with Crippen molar-refractivity contribution in [1.29, 1.82) is 0 Å². The van der Waals surface area contributed by atoms with Crippen LogP contribution in [0.1, 0.15) is 6.92 Å². The zero-order chi connectivity index (χ0) is 13.4. The fraction of sp³-hybridized carbons (Fsp3) is 0.750. The summed E-state index contributed by atoms with van der Waals surface area (Å²) in [7, 11) is -3.35. The van der Waals surface area contributed by atoms with Crippen molar-refractivity contribution < 1.29 is 26.4 Å². The molecule has 0 aromatic carbocycles. The summed E-state index contributed by atoms with van der Waals surface area (Å²) in [6, 6.07) is 0. The van der Waals surface area contributed by atoms with Crippen molar-refractivity contribution in [2.24, 2.45) is 11.0 Å². The van der Waals surface area contributed by atoms with Crippen LogP contribution in [-0.2, 0) is 14.6 Å². The zero-order valence-corrected chi connectivity index (χ0v) is 9.97. The van der Waals surface area contributed by atoms with Crippen molar-refractivity contribution >= 4 is 21.5 Å². The second-order valence-corrected chi connectivity index (χ2v) is 6.06. The van der Waals surface area contributed by atoms with Crippen LogP contribution in [-0.4, -0.2) is 49.8 Å². The Balaban J connectivity index is 2.83. The number of hydrazone groups is 1. The van der Waals surface area contributed by atoms with Gasteiger partial charge in [-0.2, -0.15) is 18.3 Å². The Hall–Kier alpha value is -1.12. The molecular weight excluding hydrogens is 261 g/mol. The second kappa shape index (κ2) is 4.28. The molecule has 1 unspecified atom stereocenters. The molecule has 0 N–H and O–H groups in total. The van der Waals surface area contributed by atoms with Crippen LogP contribution in [0.15, 0.2) is 5.10 Å². The van der Waals surface area contributed by atoms with Crippen LogP contribution < -0.4 is 0 Å². The minimum Gasteiger partial charge on any atom is -0.272 e. The number of hydrogen-bond acceptors (Lipinski definition) is 4. The molecule has 9 heteroatoms. The molecule has 1 amide bonds. The molecule has 0 radical (unpaired) electrons. The van der Waals surface area contributed by atoms with Gasteiger partial charge in [0.25, 0.3) is 5.91 Å². The maximum Gasteiger partial charge on any atom is 0.431 e. The van der Waals surface area contributed by atoms with Crippen LogP contribution in [0.25, 0.3) is 0 Å². The molecule has 98 valence electrons. The fourth-order valence-corrected chi connectivity index (χ4v) is 1.83. The first-order chi connectivity index (χ1) is 7.52. The van der Waals surface area contributed by atoms with Crippen LogP contribution in [0, 0.1) is 5.92 Å². The molecule has 1 heterocycles. The summed E-state index contributed by atoms with van der Waals surface area (Å²) in [6.07, 6.45) is -3.74. The second-order valence-electron chi connectivity index (χ2n) is 3.80. The number of sulfone groups is 1. The molecule has 0 bridgehead atoms. The molecular formula is C8H11F3N2O3S. The number of nitrogens with zero attached hydrogens (tertiary/aromatic N) is 2. The monoisotopic (exact) mass is 272 g/mol. The molecule has 0 saturated carbocycles. The first kappa shape index (κ1) is 13.9. The van der Waals surface area contributed by atoms with E-state index in [0.29, 0.717) is 5.01 Å².